The van der Waals surface area contributed by atoms with Gasteiger partial charge in [-0.2, -0.15) is 0 Å². The van der Waals surface area contributed by atoms with Crippen molar-refractivity contribution in [1.82, 2.24) is 4.98 Å². The highest BCUT2D eigenvalue weighted by molar-refractivity contribution is 6.24. The maximum atomic E-state index is 3.73. The van der Waals surface area contributed by atoms with Crippen LogP contribution in [0.1, 0.15) is 0 Å². The summed E-state index contributed by atoms with van der Waals surface area (Å²) >= 11 is 0. The fraction of sp³-hybridized carbons (Fsp3) is 0. The van der Waals surface area contributed by atoms with Gasteiger partial charge in [0.2, 0.25) is 0 Å². The van der Waals surface area contributed by atoms with E-state index < -0.39 is 0 Å². The van der Waals surface area contributed by atoms with Gasteiger partial charge in [-0.1, -0.05) is 127 Å². The Labute approximate surface area is 237 Å². The molecule has 1 aromatic heterocycles. The van der Waals surface area contributed by atoms with Crippen LogP contribution in [0.25, 0.3) is 87.1 Å². The Morgan fingerprint density at radius 3 is 1.56 bits per heavy atom. The second kappa shape index (κ2) is 8.55. The van der Waals surface area contributed by atoms with Gasteiger partial charge in [0.1, 0.15) is 0 Å². The van der Waals surface area contributed by atoms with Crippen LogP contribution in [0.15, 0.2) is 146 Å². The summed E-state index contributed by atoms with van der Waals surface area (Å²) in [5, 5.41) is 12.7. The van der Waals surface area contributed by atoms with Crippen LogP contribution in [0.5, 0.6) is 0 Å². The fourth-order valence-electron chi connectivity index (χ4n) is 6.92. The largest absolute Gasteiger partial charge is 0.354 e. The molecule has 9 rings (SSSR count). The molecule has 0 radical (unpaired) electrons. The molecular formula is C40H25N. The molecule has 0 saturated carbocycles. The zero-order valence-corrected chi connectivity index (χ0v) is 22.4. The minimum Gasteiger partial charge on any atom is -0.354 e. The Morgan fingerprint density at radius 1 is 0.317 bits per heavy atom. The van der Waals surface area contributed by atoms with Gasteiger partial charge in [-0.25, -0.2) is 0 Å². The number of fused-ring (bicyclic) bond motifs is 7. The zero-order valence-electron chi connectivity index (χ0n) is 22.4. The van der Waals surface area contributed by atoms with Crippen LogP contribution < -0.4 is 0 Å². The SMILES string of the molecule is c1ccc2cc3c(cc2c1)[nH]c1cc(-c2c4ccccc4c(-c4cccc5ccccc45)c4ccccc24)ccc13. The van der Waals surface area contributed by atoms with Crippen molar-refractivity contribution in [3.05, 3.63) is 146 Å². The van der Waals surface area contributed by atoms with E-state index in [0.29, 0.717) is 0 Å². The summed E-state index contributed by atoms with van der Waals surface area (Å²) in [5.74, 6) is 0. The molecule has 1 N–H and O–H groups in total. The summed E-state index contributed by atoms with van der Waals surface area (Å²) in [5.41, 5.74) is 7.43. The van der Waals surface area contributed by atoms with Gasteiger partial charge < -0.3 is 4.98 Å². The molecule has 8 aromatic carbocycles. The number of hydrogen-bond donors (Lipinski definition) is 1. The molecule has 0 unspecified atom stereocenters. The van der Waals surface area contributed by atoms with Crippen LogP contribution >= 0.6 is 0 Å². The van der Waals surface area contributed by atoms with Gasteiger partial charge in [0.25, 0.3) is 0 Å². The topological polar surface area (TPSA) is 15.8 Å². The molecule has 1 nitrogen and oxygen atoms in total. The average Bonchev–Trinajstić information content (AvgIpc) is 3.38. The summed E-state index contributed by atoms with van der Waals surface area (Å²) in [6.07, 6.45) is 0. The molecule has 0 bridgehead atoms. The number of hydrogen-bond acceptors (Lipinski definition) is 0. The molecule has 0 aliphatic rings. The third-order valence-corrected chi connectivity index (χ3v) is 8.74. The molecule has 0 fully saturated rings. The average molecular weight is 520 g/mol. The molecule has 0 atom stereocenters. The maximum Gasteiger partial charge on any atom is 0.0471 e. The number of benzene rings is 8. The van der Waals surface area contributed by atoms with Crippen molar-refractivity contribution in [2.75, 3.05) is 0 Å². The smallest absolute Gasteiger partial charge is 0.0471 e. The third kappa shape index (κ3) is 3.30. The lowest BCUT2D eigenvalue weighted by molar-refractivity contribution is 1.55. The first-order valence-corrected chi connectivity index (χ1v) is 14.2. The predicted molar refractivity (Wildman–Crippen MR) is 177 cm³/mol. The molecule has 0 saturated heterocycles. The lowest BCUT2D eigenvalue weighted by atomic mass is 9.84. The van der Waals surface area contributed by atoms with E-state index in [9.17, 15) is 0 Å². The number of aromatic nitrogens is 1. The first-order chi connectivity index (χ1) is 20.3. The maximum absolute atomic E-state index is 3.73. The standard InChI is InChI=1S/C40H25N/c1-2-12-27-23-38-36(22-26(27)11-1)30-21-20-28(24-37(30)41-38)39-32-15-5-7-17-34(32)40(35-18-8-6-16-33(35)39)31-19-9-13-25-10-3-4-14-29(25)31/h1-24,41H. The molecule has 1 heteroatoms. The summed E-state index contributed by atoms with van der Waals surface area (Å²) in [4.78, 5) is 3.73. The molecule has 0 amide bonds. The molecule has 0 aliphatic heterocycles. The van der Waals surface area contributed by atoms with Gasteiger partial charge in [-0.05, 0) is 83.5 Å². The van der Waals surface area contributed by atoms with Gasteiger partial charge in [-0.15, -0.1) is 0 Å². The van der Waals surface area contributed by atoms with Gasteiger partial charge >= 0.3 is 0 Å². The molecule has 41 heavy (non-hydrogen) atoms. The first-order valence-electron chi connectivity index (χ1n) is 14.2. The summed E-state index contributed by atoms with van der Waals surface area (Å²) < 4.78 is 0. The Morgan fingerprint density at radius 2 is 0.854 bits per heavy atom. The van der Waals surface area contributed by atoms with Gasteiger partial charge in [0.05, 0.1) is 0 Å². The number of H-pyrrole nitrogens is 1. The molecule has 0 spiro atoms. The monoisotopic (exact) mass is 519 g/mol. The van der Waals surface area contributed by atoms with E-state index in [4.69, 9.17) is 0 Å². The first kappa shape index (κ1) is 22.4. The molecule has 1 heterocycles. The third-order valence-electron chi connectivity index (χ3n) is 8.74. The van der Waals surface area contributed by atoms with Crippen molar-refractivity contribution in [2.24, 2.45) is 0 Å². The van der Waals surface area contributed by atoms with Crippen molar-refractivity contribution < 1.29 is 0 Å². The van der Waals surface area contributed by atoms with Gasteiger partial charge in [-0.3, -0.25) is 0 Å². The van der Waals surface area contributed by atoms with E-state index in [-0.39, 0.29) is 0 Å². The van der Waals surface area contributed by atoms with Crippen molar-refractivity contribution in [3.8, 4) is 22.3 Å². The van der Waals surface area contributed by atoms with Crippen molar-refractivity contribution in [2.45, 2.75) is 0 Å². The molecule has 9 aromatic rings. The van der Waals surface area contributed by atoms with Crippen LogP contribution in [-0.4, -0.2) is 4.98 Å². The quantitative estimate of drug-likeness (QED) is 0.219. The van der Waals surface area contributed by atoms with E-state index in [2.05, 4.69) is 151 Å². The van der Waals surface area contributed by atoms with Crippen LogP contribution in [0.2, 0.25) is 0 Å². The fourth-order valence-corrected chi connectivity index (χ4v) is 6.92. The highest BCUT2D eigenvalue weighted by atomic mass is 14.7. The van der Waals surface area contributed by atoms with Gasteiger partial charge in [0, 0.05) is 21.8 Å². The van der Waals surface area contributed by atoms with E-state index >= 15 is 0 Å². The Hall–Kier alpha value is -5.40. The lowest BCUT2D eigenvalue weighted by Crippen LogP contribution is -1.91. The minimum atomic E-state index is 1.17. The van der Waals surface area contributed by atoms with E-state index in [1.807, 2.05) is 0 Å². The van der Waals surface area contributed by atoms with Crippen molar-refractivity contribution in [3.63, 3.8) is 0 Å². The van der Waals surface area contributed by atoms with E-state index in [0.717, 1.165) is 0 Å². The number of rotatable bonds is 2. The summed E-state index contributed by atoms with van der Waals surface area (Å²) in [6.45, 7) is 0. The van der Waals surface area contributed by atoms with Crippen LogP contribution in [0, 0.1) is 0 Å². The highest BCUT2D eigenvalue weighted by Crippen LogP contribution is 2.45. The predicted octanol–water partition coefficient (Wildman–Crippen LogP) is 11.3. The van der Waals surface area contributed by atoms with Crippen LogP contribution in [-0.2, 0) is 0 Å². The normalized spacial score (nSPS) is 11.9. The molecule has 0 aliphatic carbocycles. The number of nitrogens with one attached hydrogen (secondary N) is 1. The number of aromatic amines is 1. The zero-order chi connectivity index (χ0) is 26.9. The summed E-state index contributed by atoms with van der Waals surface area (Å²) in [7, 11) is 0. The Bertz CT molecular complexity index is 2410. The minimum absolute atomic E-state index is 1.17. The highest BCUT2D eigenvalue weighted by Gasteiger charge is 2.18. The van der Waals surface area contributed by atoms with E-state index in [1.54, 1.807) is 0 Å². The van der Waals surface area contributed by atoms with E-state index in [1.165, 1.54) is 87.1 Å². The van der Waals surface area contributed by atoms with Crippen LogP contribution in [0.3, 0.4) is 0 Å². The summed E-state index contributed by atoms with van der Waals surface area (Å²) in [6, 6.07) is 53.3. The Kier molecular flexibility index (Phi) is 4.67. The second-order valence-corrected chi connectivity index (χ2v) is 11.0. The lowest BCUT2D eigenvalue weighted by Gasteiger charge is -2.18. The Balaban J connectivity index is 1.37. The van der Waals surface area contributed by atoms with Crippen molar-refractivity contribution >= 4 is 64.9 Å². The van der Waals surface area contributed by atoms with Gasteiger partial charge in [0.15, 0.2) is 0 Å². The second-order valence-electron chi connectivity index (χ2n) is 11.0. The van der Waals surface area contributed by atoms with Crippen LogP contribution in [0.4, 0.5) is 0 Å². The van der Waals surface area contributed by atoms with Crippen molar-refractivity contribution in [1.29, 1.82) is 0 Å². The molecule has 190 valence electrons. The molecular weight excluding hydrogens is 494 g/mol.